The minimum absolute atomic E-state index is 0.677. The van der Waals surface area contributed by atoms with Crippen molar-refractivity contribution >= 4 is 24.1 Å². The van der Waals surface area contributed by atoms with E-state index in [0.717, 1.165) is 5.25 Å². The summed E-state index contributed by atoms with van der Waals surface area (Å²) in [7, 11) is -0.928. The summed E-state index contributed by atoms with van der Waals surface area (Å²) in [6.45, 7) is 7.43. The van der Waals surface area contributed by atoms with Crippen LogP contribution in [0.3, 0.4) is 0 Å². The van der Waals surface area contributed by atoms with Crippen LogP contribution in [-0.4, -0.2) is 24.2 Å². The van der Waals surface area contributed by atoms with Crippen LogP contribution in [-0.2, 0) is 0 Å². The van der Waals surface area contributed by atoms with Crippen LogP contribution in [0.5, 0.6) is 0 Å². The summed E-state index contributed by atoms with van der Waals surface area (Å²) in [6, 6.07) is 0.677. The normalized spacial score (nSPS) is 30.3. The van der Waals surface area contributed by atoms with Gasteiger partial charge in [0.15, 0.2) is 0 Å². The molecule has 0 amide bonds. The van der Waals surface area contributed by atoms with Crippen LogP contribution in [0.25, 0.3) is 0 Å². The molecule has 2 aliphatic carbocycles. The van der Waals surface area contributed by atoms with Crippen molar-refractivity contribution in [2.24, 2.45) is 4.99 Å². The third-order valence-corrected chi connectivity index (χ3v) is 8.59. The summed E-state index contributed by atoms with van der Waals surface area (Å²) >= 11 is 2.32. The predicted molar refractivity (Wildman–Crippen MR) is 87.5 cm³/mol. The molecule has 1 nitrogen and oxygen atoms in total. The van der Waals surface area contributed by atoms with Gasteiger partial charge in [-0.05, 0) is 56.6 Å². The Morgan fingerprint density at radius 3 is 2.11 bits per heavy atom. The second kappa shape index (κ2) is 6.60. The maximum atomic E-state index is 5.04. The van der Waals surface area contributed by atoms with Gasteiger partial charge in [-0.3, -0.25) is 4.99 Å². The summed E-state index contributed by atoms with van der Waals surface area (Å²) in [4.78, 5) is 5.04. The molecule has 0 radical (unpaired) electrons. The molecule has 0 spiro atoms. The molecule has 0 aromatic carbocycles. The Hall–Kier alpha value is 0.237. The molecule has 0 heterocycles. The SMILES string of the molecule is C[Si](C)(C)SC1CCC(N=C2CCCCC2)CC1. The number of nitrogens with zero attached hydrogens (tertiary/aromatic N) is 1. The lowest BCUT2D eigenvalue weighted by Gasteiger charge is -2.31. The van der Waals surface area contributed by atoms with Crippen molar-refractivity contribution in [3.05, 3.63) is 0 Å². The first-order valence-corrected chi connectivity index (χ1v) is 12.9. The van der Waals surface area contributed by atoms with Crippen LogP contribution in [0.2, 0.25) is 19.6 Å². The lowest BCUT2D eigenvalue weighted by molar-refractivity contribution is 0.451. The molecular formula is C15H29NSSi. The fourth-order valence-electron chi connectivity index (χ4n) is 3.14. The minimum atomic E-state index is -0.928. The van der Waals surface area contributed by atoms with E-state index < -0.39 is 7.22 Å². The van der Waals surface area contributed by atoms with Gasteiger partial charge in [-0.2, -0.15) is 11.2 Å². The Morgan fingerprint density at radius 2 is 1.56 bits per heavy atom. The van der Waals surface area contributed by atoms with Gasteiger partial charge in [0.1, 0.15) is 7.22 Å². The maximum absolute atomic E-state index is 5.04. The molecule has 0 aliphatic heterocycles. The van der Waals surface area contributed by atoms with E-state index >= 15 is 0 Å². The average molecular weight is 284 g/mol. The highest BCUT2D eigenvalue weighted by Gasteiger charge is 2.26. The molecule has 2 aliphatic rings. The van der Waals surface area contributed by atoms with Crippen LogP contribution < -0.4 is 0 Å². The van der Waals surface area contributed by atoms with Crippen LogP contribution in [0.4, 0.5) is 0 Å². The number of hydrogen-bond acceptors (Lipinski definition) is 2. The predicted octanol–water partition coefficient (Wildman–Crippen LogP) is 5.27. The van der Waals surface area contributed by atoms with Crippen LogP contribution in [0.15, 0.2) is 4.99 Å². The van der Waals surface area contributed by atoms with Crippen molar-refractivity contribution in [2.45, 2.75) is 88.7 Å². The lowest BCUT2D eigenvalue weighted by atomic mass is 9.93. The van der Waals surface area contributed by atoms with Crippen molar-refractivity contribution in [1.29, 1.82) is 0 Å². The number of hydrogen-bond donors (Lipinski definition) is 0. The second-order valence-corrected chi connectivity index (χ2v) is 16.4. The van der Waals surface area contributed by atoms with Crippen LogP contribution in [0.1, 0.15) is 57.8 Å². The third-order valence-electron chi connectivity index (χ3n) is 3.96. The van der Waals surface area contributed by atoms with Gasteiger partial charge in [-0.15, -0.1) is 0 Å². The zero-order chi connectivity index (χ0) is 13.0. The van der Waals surface area contributed by atoms with E-state index in [9.17, 15) is 0 Å². The minimum Gasteiger partial charge on any atom is -0.291 e. The molecule has 0 saturated heterocycles. The molecule has 2 rings (SSSR count). The molecular weight excluding hydrogens is 254 g/mol. The molecule has 0 unspecified atom stereocenters. The van der Waals surface area contributed by atoms with E-state index in [0.29, 0.717) is 6.04 Å². The Morgan fingerprint density at radius 1 is 0.944 bits per heavy atom. The zero-order valence-electron chi connectivity index (χ0n) is 12.4. The van der Waals surface area contributed by atoms with E-state index in [1.807, 2.05) is 0 Å². The van der Waals surface area contributed by atoms with Gasteiger partial charge in [-0.25, -0.2) is 0 Å². The van der Waals surface area contributed by atoms with Crippen molar-refractivity contribution in [2.75, 3.05) is 0 Å². The molecule has 0 bridgehead atoms. The molecule has 3 heteroatoms. The van der Waals surface area contributed by atoms with Crippen molar-refractivity contribution in [3.63, 3.8) is 0 Å². The summed E-state index contributed by atoms with van der Waals surface area (Å²) in [6.07, 6.45) is 12.3. The van der Waals surface area contributed by atoms with E-state index in [1.165, 1.54) is 57.8 Å². The van der Waals surface area contributed by atoms with E-state index in [1.54, 1.807) is 5.71 Å². The molecule has 0 N–H and O–H groups in total. The molecule has 0 atom stereocenters. The van der Waals surface area contributed by atoms with Gasteiger partial charge in [-0.1, -0.05) is 26.1 Å². The summed E-state index contributed by atoms with van der Waals surface area (Å²) in [5.41, 5.74) is 1.54. The summed E-state index contributed by atoms with van der Waals surface area (Å²) < 4.78 is 0. The molecule has 104 valence electrons. The fourth-order valence-corrected chi connectivity index (χ4v) is 8.35. The fraction of sp³-hybridized carbons (Fsp3) is 0.933. The van der Waals surface area contributed by atoms with Gasteiger partial charge >= 0.3 is 0 Å². The average Bonchev–Trinajstić information content (AvgIpc) is 2.31. The molecule has 0 aromatic heterocycles. The summed E-state index contributed by atoms with van der Waals surface area (Å²) in [5, 5.41) is 0.944. The maximum Gasteiger partial charge on any atom is 0.108 e. The first-order valence-electron chi connectivity index (χ1n) is 7.76. The Bertz CT molecular complexity index is 279. The van der Waals surface area contributed by atoms with E-state index in [-0.39, 0.29) is 0 Å². The van der Waals surface area contributed by atoms with Gasteiger partial charge < -0.3 is 0 Å². The largest absolute Gasteiger partial charge is 0.291 e. The highest BCUT2D eigenvalue weighted by molar-refractivity contribution is 8.29. The lowest BCUT2D eigenvalue weighted by Crippen LogP contribution is -2.26. The molecule has 18 heavy (non-hydrogen) atoms. The van der Waals surface area contributed by atoms with Crippen molar-refractivity contribution in [3.8, 4) is 0 Å². The topological polar surface area (TPSA) is 12.4 Å². The molecule has 2 fully saturated rings. The van der Waals surface area contributed by atoms with Crippen LogP contribution >= 0.6 is 11.2 Å². The Kier molecular flexibility index (Phi) is 5.37. The van der Waals surface area contributed by atoms with Gasteiger partial charge in [0, 0.05) is 11.8 Å². The van der Waals surface area contributed by atoms with E-state index in [4.69, 9.17) is 4.99 Å². The first-order chi connectivity index (χ1) is 8.53. The number of rotatable bonds is 3. The van der Waals surface area contributed by atoms with Gasteiger partial charge in [0.25, 0.3) is 0 Å². The first kappa shape index (κ1) is 14.6. The van der Waals surface area contributed by atoms with Gasteiger partial charge in [0.05, 0.1) is 0 Å². The Labute approximate surface area is 118 Å². The second-order valence-electron chi connectivity index (χ2n) is 6.92. The standard InChI is InChI=1S/C15H29NSSi/c1-18(2,3)17-15-11-9-14(10-12-15)16-13-7-5-4-6-8-13/h14-15H,4-12H2,1-3H3. The molecule has 2 saturated carbocycles. The van der Waals surface area contributed by atoms with Gasteiger partial charge in [0.2, 0.25) is 0 Å². The smallest absolute Gasteiger partial charge is 0.108 e. The monoisotopic (exact) mass is 283 g/mol. The number of aliphatic imine (C=N–C) groups is 1. The quantitative estimate of drug-likeness (QED) is 0.643. The summed E-state index contributed by atoms with van der Waals surface area (Å²) in [5.74, 6) is 0. The van der Waals surface area contributed by atoms with E-state index in [2.05, 4.69) is 30.9 Å². The van der Waals surface area contributed by atoms with Crippen molar-refractivity contribution < 1.29 is 0 Å². The third kappa shape index (κ3) is 5.08. The highest BCUT2D eigenvalue weighted by Crippen LogP contribution is 2.35. The zero-order valence-corrected chi connectivity index (χ0v) is 14.2. The highest BCUT2D eigenvalue weighted by atomic mass is 32.4. The Balaban J connectivity index is 1.76. The molecule has 0 aromatic rings. The van der Waals surface area contributed by atoms with Crippen LogP contribution in [0, 0.1) is 0 Å². The van der Waals surface area contributed by atoms with Crippen molar-refractivity contribution in [1.82, 2.24) is 0 Å².